The molecule has 0 saturated carbocycles. The van der Waals surface area contributed by atoms with Gasteiger partial charge in [-0.05, 0) is 36.1 Å². The van der Waals surface area contributed by atoms with Crippen LogP contribution in [0.25, 0.3) is 0 Å². The lowest BCUT2D eigenvalue weighted by atomic mass is 10.2. The molecule has 0 radical (unpaired) electrons. The molecule has 0 amide bonds. The molecule has 1 unspecified atom stereocenters. The summed E-state index contributed by atoms with van der Waals surface area (Å²) < 4.78 is 10.6. The molecule has 2 N–H and O–H groups in total. The molecule has 0 aliphatic rings. The zero-order chi connectivity index (χ0) is 14.4. The Balaban J connectivity index is 2.03. The lowest BCUT2D eigenvalue weighted by Gasteiger charge is -2.15. The zero-order valence-electron chi connectivity index (χ0n) is 11.6. The number of hydrogen-bond donors (Lipinski definition) is 2. The van der Waals surface area contributed by atoms with Crippen LogP contribution in [-0.4, -0.2) is 25.1 Å². The van der Waals surface area contributed by atoms with Gasteiger partial charge in [0.05, 0.1) is 26.0 Å². The Morgan fingerprint density at radius 3 is 2.85 bits per heavy atom. The van der Waals surface area contributed by atoms with Crippen LogP contribution in [0.15, 0.2) is 45.9 Å². The molecule has 1 aromatic carbocycles. The smallest absolute Gasteiger partial charge is 0.132 e. The van der Waals surface area contributed by atoms with Crippen LogP contribution in [-0.2, 0) is 6.54 Å². The Hall–Kier alpha value is -1.43. The summed E-state index contributed by atoms with van der Waals surface area (Å²) in [6.07, 6.45) is 3.63. The Bertz CT molecular complexity index is 528. The number of methoxy groups -OCH3 is 1. The van der Waals surface area contributed by atoms with Crippen LogP contribution in [0.2, 0.25) is 0 Å². The minimum Gasteiger partial charge on any atom is -0.496 e. The van der Waals surface area contributed by atoms with Crippen molar-refractivity contribution >= 4 is 11.8 Å². The van der Waals surface area contributed by atoms with Crippen molar-refractivity contribution in [3.05, 3.63) is 47.9 Å². The lowest BCUT2D eigenvalue weighted by molar-refractivity contribution is 0.225. The van der Waals surface area contributed by atoms with E-state index in [-0.39, 0.29) is 12.6 Å². The van der Waals surface area contributed by atoms with Gasteiger partial charge in [-0.1, -0.05) is 6.07 Å². The highest BCUT2D eigenvalue weighted by atomic mass is 32.2. The monoisotopic (exact) mass is 293 g/mol. The van der Waals surface area contributed by atoms with Gasteiger partial charge in [0.15, 0.2) is 0 Å². The maximum absolute atomic E-state index is 9.41. The number of aliphatic hydroxyl groups excluding tert-OH is 1. The van der Waals surface area contributed by atoms with E-state index in [1.807, 2.05) is 30.5 Å². The third kappa shape index (κ3) is 3.56. The largest absolute Gasteiger partial charge is 0.496 e. The van der Waals surface area contributed by atoms with Crippen molar-refractivity contribution in [2.75, 3.05) is 20.0 Å². The molecule has 0 saturated heterocycles. The minimum absolute atomic E-state index is 0.000940. The van der Waals surface area contributed by atoms with Crippen LogP contribution in [0.5, 0.6) is 5.75 Å². The summed E-state index contributed by atoms with van der Waals surface area (Å²) in [6, 6.07) is 9.55. The first kappa shape index (κ1) is 15.0. The van der Waals surface area contributed by atoms with Gasteiger partial charge in [0.25, 0.3) is 0 Å². The van der Waals surface area contributed by atoms with Gasteiger partial charge in [0.2, 0.25) is 0 Å². The maximum Gasteiger partial charge on any atom is 0.132 e. The van der Waals surface area contributed by atoms with Crippen molar-refractivity contribution in [3.8, 4) is 5.75 Å². The summed E-state index contributed by atoms with van der Waals surface area (Å²) in [4.78, 5) is 1.10. The van der Waals surface area contributed by atoms with E-state index in [2.05, 4.69) is 11.4 Å². The molecule has 20 heavy (non-hydrogen) atoms. The van der Waals surface area contributed by atoms with Crippen molar-refractivity contribution in [1.29, 1.82) is 0 Å². The van der Waals surface area contributed by atoms with Crippen LogP contribution in [0.4, 0.5) is 0 Å². The number of rotatable bonds is 7. The SMILES string of the molecule is COc1ccc(CNC(CO)c2ccco2)cc1SC. The number of benzene rings is 1. The summed E-state index contributed by atoms with van der Waals surface area (Å²) in [6.45, 7) is 0.655. The van der Waals surface area contributed by atoms with E-state index in [9.17, 15) is 5.11 Å². The number of hydrogen-bond acceptors (Lipinski definition) is 5. The second-order valence-corrected chi connectivity index (χ2v) is 5.17. The molecule has 1 heterocycles. The highest BCUT2D eigenvalue weighted by Crippen LogP contribution is 2.28. The van der Waals surface area contributed by atoms with Crippen molar-refractivity contribution < 1.29 is 14.3 Å². The van der Waals surface area contributed by atoms with E-state index >= 15 is 0 Å². The molecular weight excluding hydrogens is 274 g/mol. The summed E-state index contributed by atoms with van der Waals surface area (Å²) in [5.41, 5.74) is 1.14. The molecule has 5 heteroatoms. The lowest BCUT2D eigenvalue weighted by Crippen LogP contribution is -2.23. The van der Waals surface area contributed by atoms with E-state index < -0.39 is 0 Å². The predicted molar refractivity (Wildman–Crippen MR) is 80.1 cm³/mol. The Labute approximate surface area is 123 Å². The number of furan rings is 1. The van der Waals surface area contributed by atoms with Crippen LogP contribution in [0.3, 0.4) is 0 Å². The fourth-order valence-corrected chi connectivity index (χ4v) is 2.60. The molecule has 2 rings (SSSR count). The molecular formula is C15H19NO3S. The Morgan fingerprint density at radius 1 is 1.40 bits per heavy atom. The first-order valence-electron chi connectivity index (χ1n) is 6.37. The average Bonchev–Trinajstić information content (AvgIpc) is 3.02. The quantitative estimate of drug-likeness (QED) is 0.769. The van der Waals surface area contributed by atoms with Gasteiger partial charge < -0.3 is 19.6 Å². The number of ether oxygens (including phenoxy) is 1. The fraction of sp³-hybridized carbons (Fsp3) is 0.333. The molecule has 2 aromatic rings. The number of nitrogens with one attached hydrogen (secondary N) is 1. The van der Waals surface area contributed by atoms with Crippen LogP contribution < -0.4 is 10.1 Å². The van der Waals surface area contributed by atoms with Gasteiger partial charge in [-0.3, -0.25) is 0 Å². The van der Waals surface area contributed by atoms with Crippen molar-refractivity contribution in [3.63, 3.8) is 0 Å². The van der Waals surface area contributed by atoms with Gasteiger partial charge in [-0.2, -0.15) is 0 Å². The summed E-state index contributed by atoms with van der Waals surface area (Å²) >= 11 is 1.65. The van der Waals surface area contributed by atoms with Crippen LogP contribution in [0, 0.1) is 0 Å². The molecule has 108 valence electrons. The van der Waals surface area contributed by atoms with E-state index in [4.69, 9.17) is 9.15 Å². The third-order valence-electron chi connectivity index (χ3n) is 3.07. The summed E-state index contributed by atoms with van der Waals surface area (Å²) in [5, 5.41) is 12.7. The third-order valence-corrected chi connectivity index (χ3v) is 3.83. The summed E-state index contributed by atoms with van der Waals surface area (Å²) in [5.74, 6) is 1.62. The molecule has 1 aromatic heterocycles. The Kier molecular flexibility index (Phi) is 5.52. The van der Waals surface area contributed by atoms with Gasteiger partial charge in [-0.25, -0.2) is 0 Å². The van der Waals surface area contributed by atoms with Crippen LogP contribution in [0.1, 0.15) is 17.4 Å². The van der Waals surface area contributed by atoms with Crippen LogP contribution >= 0.6 is 11.8 Å². The second-order valence-electron chi connectivity index (χ2n) is 4.32. The fourth-order valence-electron chi connectivity index (χ4n) is 1.98. The van der Waals surface area contributed by atoms with E-state index in [1.54, 1.807) is 25.1 Å². The second kappa shape index (κ2) is 7.38. The van der Waals surface area contributed by atoms with E-state index in [0.717, 1.165) is 22.0 Å². The first-order valence-corrected chi connectivity index (χ1v) is 7.59. The minimum atomic E-state index is -0.190. The standard InChI is InChI=1S/C15H19NO3S/c1-18-14-6-5-11(8-15(14)20-2)9-16-12(10-17)13-4-3-7-19-13/h3-8,12,16-17H,9-10H2,1-2H3. The normalized spacial score (nSPS) is 12.3. The maximum atomic E-state index is 9.41. The van der Waals surface area contributed by atoms with Crippen molar-refractivity contribution in [2.24, 2.45) is 0 Å². The van der Waals surface area contributed by atoms with Gasteiger partial charge in [-0.15, -0.1) is 11.8 Å². The Morgan fingerprint density at radius 2 is 2.25 bits per heavy atom. The average molecular weight is 293 g/mol. The summed E-state index contributed by atoms with van der Waals surface area (Å²) in [7, 11) is 1.67. The highest BCUT2D eigenvalue weighted by Gasteiger charge is 2.12. The first-order chi connectivity index (χ1) is 9.78. The molecule has 0 aliphatic heterocycles. The van der Waals surface area contributed by atoms with Gasteiger partial charge >= 0.3 is 0 Å². The predicted octanol–water partition coefficient (Wildman–Crippen LogP) is 2.83. The van der Waals surface area contributed by atoms with Crippen molar-refractivity contribution in [1.82, 2.24) is 5.32 Å². The topological polar surface area (TPSA) is 54.6 Å². The number of aliphatic hydroxyl groups is 1. The molecule has 0 spiro atoms. The highest BCUT2D eigenvalue weighted by molar-refractivity contribution is 7.98. The molecule has 0 fully saturated rings. The van der Waals surface area contributed by atoms with E-state index in [0.29, 0.717) is 6.54 Å². The number of thioether (sulfide) groups is 1. The van der Waals surface area contributed by atoms with Gasteiger partial charge in [0, 0.05) is 11.4 Å². The molecule has 0 aliphatic carbocycles. The molecule has 0 bridgehead atoms. The molecule has 4 nitrogen and oxygen atoms in total. The zero-order valence-corrected chi connectivity index (χ0v) is 12.4. The van der Waals surface area contributed by atoms with Gasteiger partial charge in [0.1, 0.15) is 11.5 Å². The molecule has 1 atom stereocenters. The van der Waals surface area contributed by atoms with Crippen molar-refractivity contribution in [2.45, 2.75) is 17.5 Å². The van der Waals surface area contributed by atoms with E-state index in [1.165, 1.54) is 0 Å².